The lowest BCUT2D eigenvalue weighted by Gasteiger charge is -2.07. The van der Waals surface area contributed by atoms with E-state index in [0.29, 0.717) is 17.8 Å². The van der Waals surface area contributed by atoms with Crippen molar-refractivity contribution in [1.29, 1.82) is 0 Å². The molecule has 2 aromatic heterocycles. The van der Waals surface area contributed by atoms with Gasteiger partial charge in [-0.2, -0.15) is 5.10 Å². The number of amides is 2. The van der Waals surface area contributed by atoms with Crippen LogP contribution in [0.25, 0.3) is 16.9 Å². The van der Waals surface area contributed by atoms with Gasteiger partial charge in [-0.15, -0.1) is 11.3 Å². The Kier molecular flexibility index (Phi) is 5.67. The van der Waals surface area contributed by atoms with Crippen molar-refractivity contribution in [1.82, 2.24) is 20.1 Å². The van der Waals surface area contributed by atoms with Crippen LogP contribution in [0.15, 0.2) is 72.5 Å². The van der Waals surface area contributed by atoms with Gasteiger partial charge >= 0.3 is 0 Å². The average molecular weight is 417 g/mol. The Bertz CT molecular complexity index is 1170. The third kappa shape index (κ3) is 4.44. The molecule has 0 saturated heterocycles. The maximum absolute atomic E-state index is 12.6. The Morgan fingerprint density at radius 1 is 1.07 bits per heavy atom. The minimum atomic E-state index is -0.159. The summed E-state index contributed by atoms with van der Waals surface area (Å²) in [6.07, 6.45) is 3.28. The first kappa shape index (κ1) is 19.5. The lowest BCUT2D eigenvalue weighted by atomic mass is 10.1. The molecule has 0 bridgehead atoms. The third-order valence-corrected chi connectivity index (χ3v) is 5.23. The molecule has 0 spiro atoms. The predicted octanol–water partition coefficient (Wildman–Crippen LogP) is 3.88. The summed E-state index contributed by atoms with van der Waals surface area (Å²) in [6.45, 7) is 1.86. The van der Waals surface area contributed by atoms with Crippen LogP contribution >= 0.6 is 11.3 Å². The van der Waals surface area contributed by atoms with Crippen molar-refractivity contribution in [2.75, 3.05) is 5.32 Å². The van der Waals surface area contributed by atoms with E-state index in [9.17, 15) is 9.59 Å². The number of hydrogen-bond donors (Lipinski definition) is 2. The highest BCUT2D eigenvalue weighted by Gasteiger charge is 2.11. The number of thiazole rings is 1. The van der Waals surface area contributed by atoms with Crippen LogP contribution < -0.4 is 10.6 Å². The van der Waals surface area contributed by atoms with E-state index in [-0.39, 0.29) is 11.8 Å². The normalized spacial score (nSPS) is 10.6. The average Bonchev–Trinajstić information content (AvgIpc) is 3.42. The first-order chi connectivity index (χ1) is 14.6. The first-order valence-corrected chi connectivity index (χ1v) is 10.2. The highest BCUT2D eigenvalue weighted by molar-refractivity contribution is 7.10. The molecule has 7 nitrogen and oxygen atoms in total. The molecule has 0 atom stereocenters. The second kappa shape index (κ2) is 8.71. The molecular formula is C22H19N5O2S. The zero-order valence-corrected chi connectivity index (χ0v) is 17.0. The number of nitrogens with zero attached hydrogens (tertiary/aromatic N) is 3. The van der Waals surface area contributed by atoms with Gasteiger partial charge in [-0.05, 0) is 24.3 Å². The third-order valence-electron chi connectivity index (χ3n) is 4.39. The molecule has 0 saturated carbocycles. The van der Waals surface area contributed by atoms with Gasteiger partial charge in [-0.25, -0.2) is 9.67 Å². The smallest absolute Gasteiger partial charge is 0.251 e. The predicted molar refractivity (Wildman–Crippen MR) is 117 cm³/mol. The van der Waals surface area contributed by atoms with Gasteiger partial charge < -0.3 is 10.6 Å². The number of aromatic nitrogens is 3. The molecule has 30 heavy (non-hydrogen) atoms. The van der Waals surface area contributed by atoms with E-state index < -0.39 is 0 Å². The van der Waals surface area contributed by atoms with Crippen molar-refractivity contribution >= 4 is 28.8 Å². The van der Waals surface area contributed by atoms with Gasteiger partial charge in [-0.3, -0.25) is 9.59 Å². The topological polar surface area (TPSA) is 88.9 Å². The van der Waals surface area contributed by atoms with Gasteiger partial charge in [0.05, 0.1) is 46.4 Å². The van der Waals surface area contributed by atoms with Crippen molar-refractivity contribution in [3.63, 3.8) is 0 Å². The van der Waals surface area contributed by atoms with Crippen LogP contribution in [0.4, 0.5) is 5.69 Å². The summed E-state index contributed by atoms with van der Waals surface area (Å²) in [7, 11) is 0. The Morgan fingerprint density at radius 3 is 2.57 bits per heavy atom. The Hall–Kier alpha value is -3.78. The SMILES string of the molecule is CC(=O)Nc1cnn(-c2ccc(C(=O)NCc3scnc3-c3ccccc3)cc2)c1. The molecule has 2 amide bonds. The second-order valence-corrected chi connectivity index (χ2v) is 7.51. The molecule has 8 heteroatoms. The number of nitrogens with one attached hydrogen (secondary N) is 2. The summed E-state index contributed by atoms with van der Waals surface area (Å²) < 4.78 is 1.64. The van der Waals surface area contributed by atoms with Crippen LogP contribution in [0.2, 0.25) is 0 Å². The molecule has 2 N–H and O–H groups in total. The zero-order valence-electron chi connectivity index (χ0n) is 16.2. The number of hydrogen-bond acceptors (Lipinski definition) is 5. The van der Waals surface area contributed by atoms with Crippen molar-refractivity contribution in [2.45, 2.75) is 13.5 Å². The van der Waals surface area contributed by atoms with Gasteiger partial charge in [-0.1, -0.05) is 30.3 Å². The molecule has 0 fully saturated rings. The highest BCUT2D eigenvalue weighted by Crippen LogP contribution is 2.25. The van der Waals surface area contributed by atoms with E-state index in [1.54, 1.807) is 34.7 Å². The first-order valence-electron chi connectivity index (χ1n) is 9.29. The molecule has 0 aliphatic rings. The van der Waals surface area contributed by atoms with Crippen molar-refractivity contribution in [2.24, 2.45) is 0 Å². The molecule has 4 aromatic rings. The summed E-state index contributed by atoms with van der Waals surface area (Å²) in [5.41, 5.74) is 5.67. The summed E-state index contributed by atoms with van der Waals surface area (Å²) in [5, 5.41) is 9.86. The van der Waals surface area contributed by atoms with Crippen LogP contribution in [-0.2, 0) is 11.3 Å². The molecule has 0 aliphatic carbocycles. The van der Waals surface area contributed by atoms with Gasteiger partial charge in [0.2, 0.25) is 5.91 Å². The molecule has 0 aliphatic heterocycles. The quantitative estimate of drug-likeness (QED) is 0.498. The van der Waals surface area contributed by atoms with E-state index in [4.69, 9.17) is 0 Å². The van der Waals surface area contributed by atoms with Crippen LogP contribution in [-0.4, -0.2) is 26.6 Å². The number of anilines is 1. The Morgan fingerprint density at radius 2 is 1.83 bits per heavy atom. The fraction of sp³-hybridized carbons (Fsp3) is 0.0909. The Labute approximate surface area is 177 Å². The Balaban J connectivity index is 1.41. The second-order valence-electron chi connectivity index (χ2n) is 6.57. The minimum Gasteiger partial charge on any atom is -0.347 e. The fourth-order valence-corrected chi connectivity index (χ4v) is 3.71. The van der Waals surface area contributed by atoms with Crippen molar-refractivity contribution in [3.8, 4) is 16.9 Å². The van der Waals surface area contributed by atoms with Gasteiger partial charge in [0.1, 0.15) is 0 Å². The molecular weight excluding hydrogens is 398 g/mol. The van der Waals surface area contributed by atoms with E-state index in [1.807, 2.05) is 42.5 Å². The summed E-state index contributed by atoms with van der Waals surface area (Å²) in [4.78, 5) is 29.1. The van der Waals surface area contributed by atoms with Crippen LogP contribution in [0.1, 0.15) is 22.2 Å². The number of carbonyl (C=O) groups excluding carboxylic acids is 2. The summed E-state index contributed by atoms with van der Waals surface area (Å²) in [6, 6.07) is 17.0. The molecule has 0 radical (unpaired) electrons. The molecule has 4 rings (SSSR count). The molecule has 0 unspecified atom stereocenters. The van der Waals surface area contributed by atoms with Gasteiger partial charge in [0.25, 0.3) is 5.91 Å². The fourth-order valence-electron chi connectivity index (χ4n) is 2.99. The van der Waals surface area contributed by atoms with Crippen LogP contribution in [0.5, 0.6) is 0 Å². The largest absolute Gasteiger partial charge is 0.347 e. The number of rotatable bonds is 6. The maximum Gasteiger partial charge on any atom is 0.251 e. The number of benzene rings is 2. The lowest BCUT2D eigenvalue weighted by Crippen LogP contribution is -2.22. The minimum absolute atomic E-state index is 0.155. The van der Waals surface area contributed by atoms with E-state index >= 15 is 0 Å². The molecule has 2 heterocycles. The lowest BCUT2D eigenvalue weighted by molar-refractivity contribution is -0.114. The summed E-state index contributed by atoms with van der Waals surface area (Å²) >= 11 is 1.52. The highest BCUT2D eigenvalue weighted by atomic mass is 32.1. The van der Waals surface area contributed by atoms with Gasteiger partial charge in [0.15, 0.2) is 0 Å². The molecule has 2 aromatic carbocycles. The van der Waals surface area contributed by atoms with Crippen LogP contribution in [0, 0.1) is 0 Å². The molecule has 150 valence electrons. The zero-order chi connectivity index (χ0) is 20.9. The van der Waals surface area contributed by atoms with E-state index in [0.717, 1.165) is 21.8 Å². The van der Waals surface area contributed by atoms with Crippen molar-refractivity contribution < 1.29 is 9.59 Å². The monoisotopic (exact) mass is 417 g/mol. The maximum atomic E-state index is 12.6. The van der Waals surface area contributed by atoms with Gasteiger partial charge in [0, 0.05) is 18.1 Å². The standard InChI is InChI=1S/C22H19N5O2S/c1-15(28)26-18-11-25-27(13-18)19-9-7-17(8-10-19)22(29)23-12-20-21(24-14-30-20)16-5-3-2-4-6-16/h2-11,13-14H,12H2,1H3,(H,23,29)(H,26,28). The summed E-state index contributed by atoms with van der Waals surface area (Å²) in [5.74, 6) is -0.314. The number of carbonyl (C=O) groups is 2. The van der Waals surface area contributed by atoms with Crippen molar-refractivity contribution in [3.05, 3.63) is 82.9 Å². The van der Waals surface area contributed by atoms with E-state index in [2.05, 4.69) is 20.7 Å². The van der Waals surface area contributed by atoms with Crippen LogP contribution in [0.3, 0.4) is 0 Å². The van der Waals surface area contributed by atoms with E-state index in [1.165, 1.54) is 18.3 Å².